The van der Waals surface area contributed by atoms with E-state index in [9.17, 15) is 4.79 Å². The molecular formula is C19H27N5OS. The number of thioether (sulfide) groups is 1. The number of nitrogens with one attached hydrogen (secondary N) is 1. The van der Waals surface area contributed by atoms with Crippen LogP contribution in [0.4, 0.5) is 4.79 Å². The van der Waals surface area contributed by atoms with E-state index >= 15 is 0 Å². The molecule has 1 aromatic carbocycles. The predicted octanol–water partition coefficient (Wildman–Crippen LogP) is 3.67. The molecular weight excluding hydrogens is 346 g/mol. The molecule has 0 unspecified atom stereocenters. The van der Waals surface area contributed by atoms with Gasteiger partial charge in [0.25, 0.3) is 0 Å². The molecule has 140 valence electrons. The Kier molecular flexibility index (Phi) is 6.19. The molecule has 1 N–H and O–H groups in total. The van der Waals surface area contributed by atoms with Crippen molar-refractivity contribution >= 4 is 17.8 Å². The van der Waals surface area contributed by atoms with Gasteiger partial charge in [0.15, 0.2) is 5.16 Å². The van der Waals surface area contributed by atoms with Gasteiger partial charge in [0, 0.05) is 31.6 Å². The smallest absolute Gasteiger partial charge is 0.317 e. The van der Waals surface area contributed by atoms with Gasteiger partial charge in [-0.2, -0.15) is 0 Å². The lowest BCUT2D eigenvalue weighted by molar-refractivity contribution is 0.176. The number of aromatic nitrogens is 3. The Hall–Kier alpha value is -2.02. The summed E-state index contributed by atoms with van der Waals surface area (Å²) in [6.45, 7) is 6.35. The molecule has 0 spiro atoms. The Morgan fingerprint density at radius 2 is 2.08 bits per heavy atom. The number of nitrogens with zero attached hydrogens (tertiary/aromatic N) is 4. The van der Waals surface area contributed by atoms with Gasteiger partial charge in [0.2, 0.25) is 0 Å². The Bertz CT molecular complexity index is 731. The molecule has 1 atom stereocenters. The molecule has 2 amide bonds. The number of piperidine rings is 1. The van der Waals surface area contributed by atoms with Crippen molar-refractivity contribution in [3.05, 3.63) is 41.7 Å². The fourth-order valence-corrected chi connectivity index (χ4v) is 4.07. The highest BCUT2D eigenvalue weighted by molar-refractivity contribution is 7.98. The first-order chi connectivity index (χ1) is 12.6. The van der Waals surface area contributed by atoms with Gasteiger partial charge in [-0.1, -0.05) is 42.1 Å². The van der Waals surface area contributed by atoms with Gasteiger partial charge in [-0.05, 0) is 38.5 Å². The van der Waals surface area contributed by atoms with Crippen LogP contribution in [0.2, 0.25) is 0 Å². The van der Waals surface area contributed by atoms with Gasteiger partial charge in [-0.25, -0.2) is 4.79 Å². The lowest BCUT2D eigenvalue weighted by atomic mass is 9.97. The summed E-state index contributed by atoms with van der Waals surface area (Å²) in [7, 11) is 0. The van der Waals surface area contributed by atoms with Crippen LogP contribution in [0.25, 0.3) is 0 Å². The summed E-state index contributed by atoms with van der Waals surface area (Å²) in [5.74, 6) is 1.24. The molecule has 0 aliphatic carbocycles. The van der Waals surface area contributed by atoms with Gasteiger partial charge in [-0.3, -0.25) is 0 Å². The number of urea groups is 1. The van der Waals surface area contributed by atoms with Crippen molar-refractivity contribution in [1.29, 1.82) is 0 Å². The minimum absolute atomic E-state index is 0.000690. The summed E-state index contributed by atoms with van der Waals surface area (Å²) < 4.78 is 2.21. The van der Waals surface area contributed by atoms with E-state index in [-0.39, 0.29) is 11.9 Å². The summed E-state index contributed by atoms with van der Waals surface area (Å²) in [5, 5.41) is 12.8. The second-order valence-electron chi connectivity index (χ2n) is 6.94. The highest BCUT2D eigenvalue weighted by Gasteiger charge is 2.29. The van der Waals surface area contributed by atoms with E-state index in [1.54, 1.807) is 11.8 Å². The first-order valence-corrected chi connectivity index (χ1v) is 10.4. The predicted molar refractivity (Wildman–Crippen MR) is 104 cm³/mol. The molecule has 2 heterocycles. The molecule has 26 heavy (non-hydrogen) atoms. The average molecular weight is 374 g/mol. The molecule has 7 heteroatoms. The third-order valence-corrected chi connectivity index (χ3v) is 5.39. The van der Waals surface area contributed by atoms with E-state index in [2.05, 4.69) is 33.9 Å². The van der Waals surface area contributed by atoms with Crippen LogP contribution in [0, 0.1) is 0 Å². The zero-order valence-electron chi connectivity index (χ0n) is 15.7. The van der Waals surface area contributed by atoms with Crippen LogP contribution in [0.1, 0.15) is 50.0 Å². The van der Waals surface area contributed by atoms with Gasteiger partial charge in [0.1, 0.15) is 5.82 Å². The number of hydrogen-bond acceptors (Lipinski definition) is 4. The van der Waals surface area contributed by atoms with Crippen molar-refractivity contribution in [3.63, 3.8) is 0 Å². The molecule has 0 saturated carbocycles. The molecule has 6 nitrogen and oxygen atoms in total. The van der Waals surface area contributed by atoms with Crippen LogP contribution in [-0.4, -0.2) is 45.0 Å². The maximum Gasteiger partial charge on any atom is 0.317 e. The second-order valence-corrected chi connectivity index (χ2v) is 7.71. The Morgan fingerprint density at radius 1 is 1.31 bits per heavy atom. The van der Waals surface area contributed by atoms with Gasteiger partial charge in [0.05, 0.1) is 0 Å². The monoisotopic (exact) mass is 373 g/mol. The second kappa shape index (κ2) is 8.58. The van der Waals surface area contributed by atoms with Gasteiger partial charge < -0.3 is 14.8 Å². The quantitative estimate of drug-likeness (QED) is 0.812. The van der Waals surface area contributed by atoms with Crippen molar-refractivity contribution in [3.8, 4) is 0 Å². The highest BCUT2D eigenvalue weighted by atomic mass is 32.2. The van der Waals surface area contributed by atoms with Crippen LogP contribution in [-0.2, 0) is 6.54 Å². The number of carbonyl (C=O) groups excluding carboxylic acids is 1. The van der Waals surface area contributed by atoms with Crippen LogP contribution >= 0.6 is 11.8 Å². The average Bonchev–Trinajstić information content (AvgIpc) is 3.11. The summed E-state index contributed by atoms with van der Waals surface area (Å²) in [6.07, 6.45) is 4.06. The largest absolute Gasteiger partial charge is 0.334 e. The summed E-state index contributed by atoms with van der Waals surface area (Å²) in [5.41, 5.74) is 1.11. The van der Waals surface area contributed by atoms with E-state index in [1.807, 2.05) is 41.5 Å². The third kappa shape index (κ3) is 4.20. The SMILES string of the molecule is CSc1nnc([C@@H]2CCCN(C(=O)NCc3ccccc3)C2)n1C(C)C. The number of rotatable bonds is 5. The zero-order valence-corrected chi connectivity index (χ0v) is 16.5. The van der Waals surface area contributed by atoms with Crippen LogP contribution in [0.5, 0.6) is 0 Å². The molecule has 1 aliphatic heterocycles. The lowest BCUT2D eigenvalue weighted by Gasteiger charge is -2.33. The molecule has 1 aromatic heterocycles. The van der Waals surface area contributed by atoms with E-state index in [0.29, 0.717) is 19.1 Å². The molecule has 0 radical (unpaired) electrons. The van der Waals surface area contributed by atoms with E-state index in [0.717, 1.165) is 35.9 Å². The number of benzene rings is 1. The molecule has 1 fully saturated rings. The molecule has 0 bridgehead atoms. The van der Waals surface area contributed by atoms with Crippen molar-refractivity contribution < 1.29 is 4.79 Å². The van der Waals surface area contributed by atoms with E-state index < -0.39 is 0 Å². The third-order valence-electron chi connectivity index (χ3n) is 4.75. The topological polar surface area (TPSA) is 63.1 Å². The van der Waals surface area contributed by atoms with Crippen molar-refractivity contribution in [2.24, 2.45) is 0 Å². The minimum atomic E-state index is -0.000690. The molecule has 3 rings (SSSR count). The van der Waals surface area contributed by atoms with E-state index in [1.165, 1.54) is 0 Å². The maximum absolute atomic E-state index is 12.6. The van der Waals surface area contributed by atoms with Gasteiger partial charge >= 0.3 is 6.03 Å². The van der Waals surface area contributed by atoms with Crippen molar-refractivity contribution in [1.82, 2.24) is 25.0 Å². The molecule has 1 aliphatic rings. The van der Waals surface area contributed by atoms with Gasteiger partial charge in [-0.15, -0.1) is 10.2 Å². The Labute approximate surface area is 159 Å². The van der Waals surface area contributed by atoms with Crippen LogP contribution in [0.3, 0.4) is 0 Å². The molecule has 2 aromatic rings. The minimum Gasteiger partial charge on any atom is -0.334 e. The summed E-state index contributed by atoms with van der Waals surface area (Å²) >= 11 is 1.62. The first-order valence-electron chi connectivity index (χ1n) is 9.15. The molecule has 1 saturated heterocycles. The Balaban J connectivity index is 1.66. The normalized spacial score (nSPS) is 17.5. The number of amides is 2. The number of carbonyl (C=O) groups is 1. The number of likely N-dealkylation sites (tertiary alicyclic amines) is 1. The van der Waals surface area contributed by atoms with Crippen LogP contribution < -0.4 is 5.32 Å². The van der Waals surface area contributed by atoms with Crippen molar-refractivity contribution in [2.75, 3.05) is 19.3 Å². The highest BCUT2D eigenvalue weighted by Crippen LogP contribution is 2.30. The summed E-state index contributed by atoms with van der Waals surface area (Å²) in [6, 6.07) is 10.3. The fourth-order valence-electron chi connectivity index (χ4n) is 3.45. The number of hydrogen-bond donors (Lipinski definition) is 1. The fraction of sp³-hybridized carbons (Fsp3) is 0.526. The summed E-state index contributed by atoms with van der Waals surface area (Å²) in [4.78, 5) is 14.5. The van der Waals surface area contributed by atoms with Crippen LogP contribution in [0.15, 0.2) is 35.5 Å². The lowest BCUT2D eigenvalue weighted by Crippen LogP contribution is -2.45. The van der Waals surface area contributed by atoms with Crippen molar-refractivity contribution in [2.45, 2.75) is 50.4 Å². The zero-order chi connectivity index (χ0) is 18.5. The van der Waals surface area contributed by atoms with E-state index in [4.69, 9.17) is 0 Å². The first kappa shape index (κ1) is 18.8. The standard InChI is InChI=1S/C19H27N5OS/c1-14(2)24-17(21-22-19(24)26-3)16-10-7-11-23(13-16)18(25)20-12-15-8-5-4-6-9-15/h4-6,8-9,14,16H,7,10-13H2,1-3H3,(H,20,25)/t16-/m1/s1. The Morgan fingerprint density at radius 3 is 2.77 bits per heavy atom. The maximum atomic E-state index is 12.6.